The normalized spacial score (nSPS) is 18.3. The highest BCUT2D eigenvalue weighted by atomic mass is 16.4. The molecular formula is C18H25N3O6. The average molecular weight is 379 g/mol. The SMILES string of the molecule is CC(=O)N(CC(=O)O)C1CCCN(C(=O)C(C)NC(=O)c2ccoc2)CC1. The second-order valence-corrected chi connectivity index (χ2v) is 6.66. The first-order chi connectivity index (χ1) is 12.8. The van der Waals surface area contributed by atoms with E-state index in [4.69, 9.17) is 9.52 Å². The number of aliphatic carboxylic acids is 1. The molecule has 1 aromatic heterocycles. The first kappa shape index (κ1) is 20.5. The third kappa shape index (κ3) is 5.57. The van der Waals surface area contributed by atoms with Gasteiger partial charge in [-0.2, -0.15) is 0 Å². The number of amides is 3. The summed E-state index contributed by atoms with van der Waals surface area (Å²) in [5, 5.41) is 11.6. The quantitative estimate of drug-likeness (QED) is 0.751. The Balaban J connectivity index is 1.94. The van der Waals surface area contributed by atoms with Crippen molar-refractivity contribution in [2.45, 2.75) is 45.2 Å². The molecule has 1 fully saturated rings. The van der Waals surface area contributed by atoms with E-state index in [2.05, 4.69) is 5.32 Å². The van der Waals surface area contributed by atoms with Crippen LogP contribution in [0.1, 0.15) is 43.5 Å². The fourth-order valence-electron chi connectivity index (χ4n) is 3.26. The van der Waals surface area contributed by atoms with Gasteiger partial charge in [-0.25, -0.2) is 0 Å². The molecule has 2 N–H and O–H groups in total. The van der Waals surface area contributed by atoms with Crippen molar-refractivity contribution in [1.29, 1.82) is 0 Å². The van der Waals surface area contributed by atoms with Crippen LogP contribution in [-0.4, -0.2) is 70.3 Å². The highest BCUT2D eigenvalue weighted by molar-refractivity contribution is 5.97. The van der Waals surface area contributed by atoms with Crippen molar-refractivity contribution in [1.82, 2.24) is 15.1 Å². The molecule has 0 spiro atoms. The molecule has 0 aliphatic carbocycles. The monoisotopic (exact) mass is 379 g/mol. The van der Waals surface area contributed by atoms with Crippen LogP contribution in [0.5, 0.6) is 0 Å². The largest absolute Gasteiger partial charge is 0.480 e. The number of hydrogen-bond acceptors (Lipinski definition) is 5. The molecule has 2 rings (SSSR count). The average Bonchev–Trinajstić information content (AvgIpc) is 3.04. The van der Waals surface area contributed by atoms with Gasteiger partial charge in [-0.15, -0.1) is 0 Å². The minimum Gasteiger partial charge on any atom is -0.480 e. The number of likely N-dealkylation sites (tertiary alicyclic amines) is 1. The molecule has 1 aromatic rings. The zero-order chi connectivity index (χ0) is 20.0. The number of carboxylic acids is 1. The van der Waals surface area contributed by atoms with E-state index in [-0.39, 0.29) is 30.3 Å². The topological polar surface area (TPSA) is 120 Å². The Morgan fingerprint density at radius 2 is 2.07 bits per heavy atom. The molecule has 0 radical (unpaired) electrons. The van der Waals surface area contributed by atoms with Crippen LogP contribution >= 0.6 is 0 Å². The van der Waals surface area contributed by atoms with Gasteiger partial charge >= 0.3 is 5.97 Å². The summed E-state index contributed by atoms with van der Waals surface area (Å²) in [4.78, 5) is 50.5. The maximum absolute atomic E-state index is 12.7. The van der Waals surface area contributed by atoms with Crippen molar-refractivity contribution in [2.24, 2.45) is 0 Å². The lowest BCUT2D eigenvalue weighted by molar-refractivity contribution is -0.145. The number of carbonyl (C=O) groups excluding carboxylic acids is 3. The van der Waals surface area contributed by atoms with E-state index in [9.17, 15) is 19.2 Å². The van der Waals surface area contributed by atoms with Crippen molar-refractivity contribution in [3.8, 4) is 0 Å². The van der Waals surface area contributed by atoms with Gasteiger partial charge in [-0.3, -0.25) is 19.2 Å². The van der Waals surface area contributed by atoms with Gasteiger partial charge in [-0.1, -0.05) is 0 Å². The third-order valence-electron chi connectivity index (χ3n) is 4.66. The van der Waals surface area contributed by atoms with Gasteiger partial charge in [0, 0.05) is 26.1 Å². The highest BCUT2D eigenvalue weighted by Gasteiger charge is 2.29. The summed E-state index contributed by atoms with van der Waals surface area (Å²) in [5.74, 6) is -1.94. The van der Waals surface area contributed by atoms with Crippen LogP contribution in [0, 0.1) is 0 Å². The van der Waals surface area contributed by atoms with Crippen LogP contribution in [0.3, 0.4) is 0 Å². The van der Waals surface area contributed by atoms with Crippen LogP contribution in [0.2, 0.25) is 0 Å². The molecule has 2 unspecified atom stereocenters. The molecule has 27 heavy (non-hydrogen) atoms. The molecule has 0 saturated carbocycles. The molecule has 2 atom stereocenters. The number of carboxylic acid groups (broad SMARTS) is 1. The summed E-state index contributed by atoms with van der Waals surface area (Å²) in [7, 11) is 0. The van der Waals surface area contributed by atoms with Crippen LogP contribution in [0.4, 0.5) is 0 Å². The van der Waals surface area contributed by atoms with E-state index in [0.717, 1.165) is 0 Å². The Morgan fingerprint density at radius 1 is 1.33 bits per heavy atom. The Bertz CT molecular complexity index is 687. The highest BCUT2D eigenvalue weighted by Crippen LogP contribution is 2.18. The first-order valence-electron chi connectivity index (χ1n) is 8.90. The van der Waals surface area contributed by atoms with E-state index < -0.39 is 12.0 Å². The van der Waals surface area contributed by atoms with Gasteiger partial charge in [0.15, 0.2) is 0 Å². The standard InChI is InChI=1S/C18H25N3O6/c1-12(19-17(25)14-6-9-27-11-14)18(26)20-7-3-4-15(5-8-20)21(13(2)22)10-16(23)24/h6,9,11-12,15H,3-5,7-8,10H2,1-2H3,(H,19,25)(H,23,24). The molecule has 0 aromatic carbocycles. The van der Waals surface area contributed by atoms with E-state index in [1.54, 1.807) is 11.8 Å². The van der Waals surface area contributed by atoms with Gasteiger partial charge in [0.05, 0.1) is 11.8 Å². The molecule has 2 heterocycles. The predicted octanol–water partition coefficient (Wildman–Crippen LogP) is 0.712. The van der Waals surface area contributed by atoms with Crippen molar-refractivity contribution in [2.75, 3.05) is 19.6 Å². The number of nitrogens with one attached hydrogen (secondary N) is 1. The Hall–Kier alpha value is -2.84. The van der Waals surface area contributed by atoms with Gasteiger partial charge in [-0.05, 0) is 32.3 Å². The van der Waals surface area contributed by atoms with Crippen LogP contribution < -0.4 is 5.32 Å². The Morgan fingerprint density at radius 3 is 2.67 bits per heavy atom. The van der Waals surface area contributed by atoms with Crippen molar-refractivity contribution in [3.05, 3.63) is 24.2 Å². The molecule has 1 aliphatic rings. The lowest BCUT2D eigenvalue weighted by Gasteiger charge is -2.29. The van der Waals surface area contributed by atoms with E-state index in [0.29, 0.717) is 37.9 Å². The fourth-order valence-corrected chi connectivity index (χ4v) is 3.26. The molecule has 3 amide bonds. The third-order valence-corrected chi connectivity index (χ3v) is 4.66. The molecule has 9 heteroatoms. The van der Waals surface area contributed by atoms with Crippen LogP contribution in [-0.2, 0) is 14.4 Å². The summed E-state index contributed by atoms with van der Waals surface area (Å²) in [6.07, 6.45) is 4.48. The molecule has 9 nitrogen and oxygen atoms in total. The lowest BCUT2D eigenvalue weighted by atomic mass is 10.1. The summed E-state index contributed by atoms with van der Waals surface area (Å²) in [6.45, 7) is 3.53. The van der Waals surface area contributed by atoms with Crippen LogP contribution in [0.25, 0.3) is 0 Å². The van der Waals surface area contributed by atoms with E-state index in [1.165, 1.54) is 30.4 Å². The number of nitrogens with zero attached hydrogens (tertiary/aromatic N) is 2. The molecule has 148 valence electrons. The molecule has 1 aliphatic heterocycles. The molecule has 0 bridgehead atoms. The zero-order valence-corrected chi connectivity index (χ0v) is 15.5. The van der Waals surface area contributed by atoms with E-state index in [1.807, 2.05) is 0 Å². The maximum Gasteiger partial charge on any atom is 0.323 e. The number of furan rings is 1. The number of hydrogen-bond donors (Lipinski definition) is 2. The smallest absolute Gasteiger partial charge is 0.323 e. The summed E-state index contributed by atoms with van der Waals surface area (Å²) < 4.78 is 4.86. The van der Waals surface area contributed by atoms with Crippen molar-refractivity contribution >= 4 is 23.7 Å². The zero-order valence-electron chi connectivity index (χ0n) is 15.5. The van der Waals surface area contributed by atoms with E-state index >= 15 is 0 Å². The van der Waals surface area contributed by atoms with Crippen molar-refractivity contribution in [3.63, 3.8) is 0 Å². The predicted molar refractivity (Wildman–Crippen MR) is 94.9 cm³/mol. The van der Waals surface area contributed by atoms with Crippen LogP contribution in [0.15, 0.2) is 23.0 Å². The lowest BCUT2D eigenvalue weighted by Crippen LogP contribution is -2.47. The van der Waals surface area contributed by atoms with Gasteiger partial charge in [0.25, 0.3) is 5.91 Å². The first-order valence-corrected chi connectivity index (χ1v) is 8.90. The van der Waals surface area contributed by atoms with Gasteiger partial charge in [0.1, 0.15) is 18.8 Å². The van der Waals surface area contributed by atoms with Gasteiger partial charge in [0.2, 0.25) is 11.8 Å². The number of carbonyl (C=O) groups is 4. The second kappa shape index (κ2) is 9.20. The second-order valence-electron chi connectivity index (χ2n) is 6.66. The number of rotatable bonds is 6. The van der Waals surface area contributed by atoms with Gasteiger partial charge < -0.3 is 24.6 Å². The Kier molecular flexibility index (Phi) is 6.98. The minimum atomic E-state index is -1.06. The van der Waals surface area contributed by atoms with Crippen molar-refractivity contribution < 1.29 is 28.7 Å². The molecular weight excluding hydrogens is 354 g/mol. The maximum atomic E-state index is 12.7. The summed E-state index contributed by atoms with van der Waals surface area (Å²) >= 11 is 0. The summed E-state index contributed by atoms with van der Waals surface area (Å²) in [6, 6.07) is 0.598. The molecule has 1 saturated heterocycles. The summed E-state index contributed by atoms with van der Waals surface area (Å²) in [5.41, 5.74) is 0.344. The minimum absolute atomic E-state index is 0.208. The Labute approximate surface area is 157 Å². The fraction of sp³-hybridized carbons (Fsp3) is 0.556.